The van der Waals surface area contributed by atoms with E-state index in [-0.39, 0.29) is 11.8 Å². The molecule has 0 saturated carbocycles. The number of benzene rings is 3. The number of hydrogen-bond donors (Lipinski definition) is 2. The van der Waals surface area contributed by atoms with E-state index in [1.165, 1.54) is 0 Å². The molecule has 6 nitrogen and oxygen atoms in total. The van der Waals surface area contributed by atoms with Crippen molar-refractivity contribution in [2.45, 2.75) is 19.3 Å². The van der Waals surface area contributed by atoms with Crippen LogP contribution in [0, 0.1) is 0 Å². The Morgan fingerprint density at radius 1 is 0.944 bits per heavy atom. The van der Waals surface area contributed by atoms with Crippen molar-refractivity contribution in [2.75, 3.05) is 43.2 Å². The first-order valence-corrected chi connectivity index (χ1v) is 12.4. The Morgan fingerprint density at radius 2 is 1.67 bits per heavy atom. The molecule has 0 atom stereocenters. The standard InChI is InChI=1S/C29H31ClN4O2/c1-33(2)18-8-7-11-26(35)34(3)23-15-13-22(14-16-23)31-28(20-9-5-4-6-10-20)27-24-17-12-21(30)19-25(24)32-29(27)36/h4-6,9-10,12-17,19,31H,7-8,11,18H2,1-3H3,(H,32,36). The van der Waals surface area contributed by atoms with Crippen LogP contribution in [0.4, 0.5) is 17.1 Å². The van der Waals surface area contributed by atoms with Gasteiger partial charge in [0.2, 0.25) is 5.91 Å². The fraction of sp³-hybridized carbons (Fsp3) is 0.241. The van der Waals surface area contributed by atoms with Crippen molar-refractivity contribution in [2.24, 2.45) is 0 Å². The van der Waals surface area contributed by atoms with Gasteiger partial charge in [-0.25, -0.2) is 0 Å². The molecular weight excluding hydrogens is 472 g/mol. The minimum atomic E-state index is -0.185. The van der Waals surface area contributed by atoms with E-state index in [0.29, 0.717) is 28.4 Å². The molecule has 1 aliphatic heterocycles. The number of fused-ring (bicyclic) bond motifs is 1. The number of rotatable bonds is 9. The van der Waals surface area contributed by atoms with Gasteiger partial charge in [-0.2, -0.15) is 0 Å². The molecule has 0 spiro atoms. The highest BCUT2D eigenvalue weighted by Crippen LogP contribution is 2.38. The van der Waals surface area contributed by atoms with Crippen LogP contribution in [0.15, 0.2) is 72.8 Å². The summed E-state index contributed by atoms with van der Waals surface area (Å²) >= 11 is 6.14. The smallest absolute Gasteiger partial charge is 0.258 e. The molecule has 1 heterocycles. The second-order valence-corrected chi connectivity index (χ2v) is 9.58. The van der Waals surface area contributed by atoms with Crippen LogP contribution in [0.1, 0.15) is 30.4 Å². The average molecular weight is 503 g/mol. The minimum absolute atomic E-state index is 0.0967. The summed E-state index contributed by atoms with van der Waals surface area (Å²) in [6, 6.07) is 22.8. The highest BCUT2D eigenvalue weighted by atomic mass is 35.5. The molecule has 1 aliphatic rings. The lowest BCUT2D eigenvalue weighted by Gasteiger charge is -2.19. The number of anilines is 3. The summed E-state index contributed by atoms with van der Waals surface area (Å²) in [5, 5.41) is 6.93. The van der Waals surface area contributed by atoms with Crippen LogP contribution in [-0.2, 0) is 9.59 Å². The Balaban J connectivity index is 1.56. The van der Waals surface area contributed by atoms with Crippen molar-refractivity contribution in [3.05, 3.63) is 88.9 Å². The zero-order chi connectivity index (χ0) is 25.7. The van der Waals surface area contributed by atoms with Crippen molar-refractivity contribution in [3.63, 3.8) is 0 Å². The molecule has 2 amide bonds. The molecule has 0 unspecified atom stereocenters. The zero-order valence-electron chi connectivity index (χ0n) is 20.8. The van der Waals surface area contributed by atoms with Gasteiger partial charge in [0.1, 0.15) is 0 Å². The fourth-order valence-corrected chi connectivity index (χ4v) is 4.38. The van der Waals surface area contributed by atoms with Gasteiger partial charge in [0.05, 0.1) is 17.0 Å². The number of carbonyl (C=O) groups excluding carboxylic acids is 2. The second kappa shape index (κ2) is 11.4. The average Bonchev–Trinajstić information content (AvgIpc) is 3.19. The van der Waals surface area contributed by atoms with Gasteiger partial charge in [0.15, 0.2) is 0 Å². The summed E-state index contributed by atoms with van der Waals surface area (Å²) < 4.78 is 0. The molecule has 2 N–H and O–H groups in total. The highest BCUT2D eigenvalue weighted by molar-refractivity contribution is 6.38. The van der Waals surface area contributed by atoms with Crippen molar-refractivity contribution in [1.82, 2.24) is 4.90 Å². The first-order chi connectivity index (χ1) is 17.3. The zero-order valence-corrected chi connectivity index (χ0v) is 21.6. The maximum Gasteiger partial charge on any atom is 0.258 e. The van der Waals surface area contributed by atoms with Crippen LogP contribution >= 0.6 is 11.6 Å². The molecule has 0 aliphatic carbocycles. The first kappa shape index (κ1) is 25.5. The quantitative estimate of drug-likeness (QED) is 0.279. The predicted octanol–water partition coefficient (Wildman–Crippen LogP) is 5.97. The lowest BCUT2D eigenvalue weighted by molar-refractivity contribution is -0.118. The minimum Gasteiger partial charge on any atom is -0.354 e. The van der Waals surface area contributed by atoms with Crippen LogP contribution in [0.3, 0.4) is 0 Å². The summed E-state index contributed by atoms with van der Waals surface area (Å²) in [6.45, 7) is 0.978. The number of unbranched alkanes of at least 4 members (excludes halogenated alkanes) is 1. The summed E-state index contributed by atoms with van der Waals surface area (Å²) in [4.78, 5) is 29.5. The van der Waals surface area contributed by atoms with Gasteiger partial charge in [-0.3, -0.25) is 9.59 Å². The molecule has 3 aromatic carbocycles. The number of nitrogens with zero attached hydrogens (tertiary/aromatic N) is 2. The molecule has 186 valence electrons. The molecule has 0 radical (unpaired) electrons. The van der Waals surface area contributed by atoms with Crippen LogP contribution < -0.4 is 15.5 Å². The lowest BCUT2D eigenvalue weighted by Crippen LogP contribution is -2.26. The summed E-state index contributed by atoms with van der Waals surface area (Å²) in [5.41, 5.74) is 5.28. The molecule has 3 aromatic rings. The Hall–Kier alpha value is -3.61. The van der Waals surface area contributed by atoms with Gasteiger partial charge in [-0.1, -0.05) is 48.0 Å². The molecule has 7 heteroatoms. The molecule has 0 aromatic heterocycles. The summed E-state index contributed by atoms with van der Waals surface area (Å²) in [5.74, 6) is -0.0886. The van der Waals surface area contributed by atoms with Gasteiger partial charge in [-0.05, 0) is 75.4 Å². The fourth-order valence-electron chi connectivity index (χ4n) is 4.21. The van der Waals surface area contributed by atoms with Crippen LogP contribution in [0.25, 0.3) is 11.3 Å². The van der Waals surface area contributed by atoms with Gasteiger partial charge < -0.3 is 20.4 Å². The molecular formula is C29H31ClN4O2. The third-order valence-corrected chi connectivity index (χ3v) is 6.42. The van der Waals surface area contributed by atoms with E-state index in [1.54, 1.807) is 24.1 Å². The normalized spacial score (nSPS) is 13.9. The van der Waals surface area contributed by atoms with Gasteiger partial charge in [0.25, 0.3) is 5.91 Å². The van der Waals surface area contributed by atoms with Crippen molar-refractivity contribution in [1.29, 1.82) is 0 Å². The number of carbonyl (C=O) groups is 2. The van der Waals surface area contributed by atoms with Crippen molar-refractivity contribution in [3.8, 4) is 0 Å². The summed E-state index contributed by atoms with van der Waals surface area (Å²) in [7, 11) is 5.88. The second-order valence-electron chi connectivity index (χ2n) is 9.15. The number of amides is 2. The van der Waals surface area contributed by atoms with Gasteiger partial charge in [-0.15, -0.1) is 0 Å². The molecule has 0 bridgehead atoms. The highest BCUT2D eigenvalue weighted by Gasteiger charge is 2.28. The number of halogens is 1. The van der Waals surface area contributed by atoms with E-state index in [1.807, 2.05) is 74.8 Å². The Bertz CT molecular complexity index is 1270. The van der Waals surface area contributed by atoms with E-state index < -0.39 is 0 Å². The van der Waals surface area contributed by atoms with Gasteiger partial charge >= 0.3 is 0 Å². The predicted molar refractivity (Wildman–Crippen MR) is 149 cm³/mol. The first-order valence-electron chi connectivity index (χ1n) is 12.0. The maximum absolute atomic E-state index is 13.0. The largest absolute Gasteiger partial charge is 0.354 e. The van der Waals surface area contributed by atoms with Crippen LogP contribution in [-0.4, -0.2) is 44.4 Å². The van der Waals surface area contributed by atoms with E-state index in [4.69, 9.17) is 11.6 Å². The third kappa shape index (κ3) is 5.96. The third-order valence-electron chi connectivity index (χ3n) is 6.18. The van der Waals surface area contributed by atoms with Crippen molar-refractivity contribution >= 4 is 51.7 Å². The molecule has 36 heavy (non-hydrogen) atoms. The number of hydrogen-bond acceptors (Lipinski definition) is 4. The monoisotopic (exact) mass is 502 g/mol. The van der Waals surface area contributed by atoms with Crippen LogP contribution in [0.2, 0.25) is 5.02 Å². The molecule has 0 fully saturated rings. The Morgan fingerprint density at radius 3 is 2.36 bits per heavy atom. The van der Waals surface area contributed by atoms with Crippen molar-refractivity contribution < 1.29 is 9.59 Å². The molecule has 4 rings (SSSR count). The van der Waals surface area contributed by atoms with E-state index in [9.17, 15) is 9.59 Å². The lowest BCUT2D eigenvalue weighted by atomic mass is 10.00. The summed E-state index contributed by atoms with van der Waals surface area (Å²) in [6.07, 6.45) is 2.38. The van der Waals surface area contributed by atoms with E-state index >= 15 is 0 Å². The topological polar surface area (TPSA) is 64.7 Å². The SMILES string of the molecule is CN(C)CCCCC(=O)N(C)c1ccc(NC(=C2C(=O)Nc3cc(Cl)ccc32)c2ccccc2)cc1. The number of nitrogens with one attached hydrogen (secondary N) is 2. The maximum atomic E-state index is 13.0. The van der Waals surface area contributed by atoms with E-state index in [2.05, 4.69) is 15.5 Å². The Labute approximate surface area is 217 Å². The van der Waals surface area contributed by atoms with Gasteiger partial charge in [0, 0.05) is 35.4 Å². The Kier molecular flexibility index (Phi) is 8.08. The van der Waals surface area contributed by atoms with E-state index in [0.717, 1.165) is 41.9 Å². The molecule has 0 saturated heterocycles. The van der Waals surface area contributed by atoms with Crippen LogP contribution in [0.5, 0.6) is 0 Å².